The van der Waals surface area contributed by atoms with Crippen LogP contribution in [0.4, 0.5) is 0 Å². The largest absolute Gasteiger partial charge is 0.300 e. The van der Waals surface area contributed by atoms with Crippen molar-refractivity contribution in [1.29, 1.82) is 0 Å². The van der Waals surface area contributed by atoms with Gasteiger partial charge in [-0.1, -0.05) is 41.0 Å². The molecule has 0 aliphatic heterocycles. The molecule has 0 N–H and O–H groups in total. The summed E-state index contributed by atoms with van der Waals surface area (Å²) in [6.45, 7) is 11.0. The average Bonchev–Trinajstić information content (AvgIpc) is 3.02. The van der Waals surface area contributed by atoms with Crippen LogP contribution < -0.4 is 0 Å². The summed E-state index contributed by atoms with van der Waals surface area (Å²) in [5.74, 6) is 0.845. The molecule has 15 heavy (non-hydrogen) atoms. The van der Waals surface area contributed by atoms with E-state index in [0.717, 1.165) is 18.0 Å². The summed E-state index contributed by atoms with van der Waals surface area (Å²) in [4.78, 5) is 2.63. The standard InChI is InChI=1S/C12H25N.C2H6/c1-5-6-12(9-10(2)3)13(4)11-7-8-11;1-2/h10-12H,5-9H2,1-4H3;1-2H3. The third-order valence-electron chi connectivity index (χ3n) is 3.06. The minimum absolute atomic E-state index is 0.845. The fraction of sp³-hybridized carbons (Fsp3) is 1.00. The molecule has 1 fully saturated rings. The first-order valence-electron chi connectivity index (χ1n) is 6.87. The van der Waals surface area contributed by atoms with Crippen LogP contribution in [0.15, 0.2) is 0 Å². The van der Waals surface area contributed by atoms with Crippen LogP contribution in [0.25, 0.3) is 0 Å². The highest BCUT2D eigenvalue weighted by Gasteiger charge is 2.30. The van der Waals surface area contributed by atoms with E-state index in [4.69, 9.17) is 0 Å². The summed E-state index contributed by atoms with van der Waals surface area (Å²) in [7, 11) is 2.32. The normalized spacial score (nSPS) is 17.6. The SMILES string of the molecule is CC.CCCC(CC(C)C)N(C)C1CC1. The highest BCUT2D eigenvalue weighted by molar-refractivity contribution is 4.86. The molecule has 0 bridgehead atoms. The van der Waals surface area contributed by atoms with Crippen LogP contribution in [0.3, 0.4) is 0 Å². The maximum Gasteiger partial charge on any atom is 0.00974 e. The Morgan fingerprint density at radius 2 is 1.73 bits per heavy atom. The molecule has 92 valence electrons. The van der Waals surface area contributed by atoms with Crippen LogP contribution in [0.2, 0.25) is 0 Å². The van der Waals surface area contributed by atoms with Gasteiger partial charge in [-0.3, -0.25) is 0 Å². The second-order valence-corrected chi connectivity index (χ2v) is 4.97. The van der Waals surface area contributed by atoms with Crippen molar-refractivity contribution in [1.82, 2.24) is 4.90 Å². The van der Waals surface area contributed by atoms with E-state index < -0.39 is 0 Å². The first kappa shape index (κ1) is 15.0. The minimum atomic E-state index is 0.845. The van der Waals surface area contributed by atoms with E-state index in [-0.39, 0.29) is 0 Å². The van der Waals surface area contributed by atoms with Crippen molar-refractivity contribution in [2.24, 2.45) is 5.92 Å². The van der Waals surface area contributed by atoms with Crippen LogP contribution in [-0.2, 0) is 0 Å². The number of rotatable bonds is 6. The molecule has 1 atom stereocenters. The van der Waals surface area contributed by atoms with E-state index >= 15 is 0 Å². The van der Waals surface area contributed by atoms with Crippen molar-refractivity contribution < 1.29 is 0 Å². The van der Waals surface area contributed by atoms with Crippen molar-refractivity contribution in [3.63, 3.8) is 0 Å². The lowest BCUT2D eigenvalue weighted by atomic mass is 9.99. The van der Waals surface area contributed by atoms with Crippen molar-refractivity contribution in [3.05, 3.63) is 0 Å². The minimum Gasteiger partial charge on any atom is -0.300 e. The summed E-state index contributed by atoms with van der Waals surface area (Å²) in [6, 6.07) is 1.77. The highest BCUT2D eigenvalue weighted by Crippen LogP contribution is 2.30. The summed E-state index contributed by atoms with van der Waals surface area (Å²) < 4.78 is 0. The maximum atomic E-state index is 2.63. The molecule has 1 rings (SSSR count). The van der Waals surface area contributed by atoms with Crippen LogP contribution in [0.1, 0.15) is 66.7 Å². The van der Waals surface area contributed by atoms with Gasteiger partial charge in [-0.15, -0.1) is 0 Å². The Bertz CT molecular complexity index is 138. The fourth-order valence-electron chi connectivity index (χ4n) is 2.15. The molecule has 1 aliphatic rings. The van der Waals surface area contributed by atoms with Gasteiger partial charge < -0.3 is 4.90 Å². The van der Waals surface area contributed by atoms with Gasteiger partial charge in [-0.25, -0.2) is 0 Å². The van der Waals surface area contributed by atoms with E-state index in [1.807, 2.05) is 13.8 Å². The van der Waals surface area contributed by atoms with Crippen molar-refractivity contribution >= 4 is 0 Å². The van der Waals surface area contributed by atoms with Crippen molar-refractivity contribution in [3.8, 4) is 0 Å². The Labute approximate surface area is 97.2 Å². The lowest BCUT2D eigenvalue weighted by Crippen LogP contribution is -2.34. The smallest absolute Gasteiger partial charge is 0.00974 e. The molecule has 1 saturated carbocycles. The quantitative estimate of drug-likeness (QED) is 0.635. The van der Waals surface area contributed by atoms with Gasteiger partial charge in [0, 0.05) is 12.1 Å². The molecule has 1 heteroatoms. The third-order valence-corrected chi connectivity index (χ3v) is 3.06. The van der Waals surface area contributed by atoms with Crippen molar-refractivity contribution in [2.45, 2.75) is 78.8 Å². The summed E-state index contributed by atoms with van der Waals surface area (Å²) in [6.07, 6.45) is 6.96. The molecule has 1 nitrogen and oxygen atoms in total. The Morgan fingerprint density at radius 3 is 2.07 bits per heavy atom. The summed E-state index contributed by atoms with van der Waals surface area (Å²) >= 11 is 0. The molecule has 0 radical (unpaired) electrons. The first-order valence-corrected chi connectivity index (χ1v) is 6.87. The maximum absolute atomic E-state index is 2.63. The van der Waals surface area contributed by atoms with Gasteiger partial charge in [-0.2, -0.15) is 0 Å². The van der Waals surface area contributed by atoms with Gasteiger partial charge in [0.25, 0.3) is 0 Å². The first-order chi connectivity index (χ1) is 7.15. The Hall–Kier alpha value is -0.0400. The number of nitrogens with zero attached hydrogens (tertiary/aromatic N) is 1. The van der Waals surface area contributed by atoms with Crippen LogP contribution in [0.5, 0.6) is 0 Å². The van der Waals surface area contributed by atoms with Gasteiger partial charge >= 0.3 is 0 Å². The summed E-state index contributed by atoms with van der Waals surface area (Å²) in [5, 5.41) is 0. The molecule has 0 saturated heterocycles. The number of hydrogen-bond acceptors (Lipinski definition) is 1. The van der Waals surface area contributed by atoms with Crippen LogP contribution >= 0.6 is 0 Å². The third kappa shape index (κ3) is 6.19. The van der Waals surface area contributed by atoms with Gasteiger partial charge in [0.15, 0.2) is 0 Å². The van der Waals surface area contributed by atoms with E-state index in [0.29, 0.717) is 0 Å². The zero-order valence-corrected chi connectivity index (χ0v) is 11.7. The predicted molar refractivity (Wildman–Crippen MR) is 70.3 cm³/mol. The van der Waals surface area contributed by atoms with E-state index in [1.165, 1.54) is 32.1 Å². The fourth-order valence-corrected chi connectivity index (χ4v) is 2.15. The van der Waals surface area contributed by atoms with Gasteiger partial charge in [-0.05, 0) is 38.6 Å². The van der Waals surface area contributed by atoms with E-state index in [2.05, 4.69) is 32.7 Å². The lowest BCUT2D eigenvalue weighted by Gasteiger charge is -2.29. The second-order valence-electron chi connectivity index (χ2n) is 4.97. The topological polar surface area (TPSA) is 3.24 Å². The van der Waals surface area contributed by atoms with Crippen LogP contribution in [0, 0.1) is 5.92 Å². The summed E-state index contributed by atoms with van der Waals surface area (Å²) in [5.41, 5.74) is 0. The Morgan fingerprint density at radius 1 is 1.20 bits per heavy atom. The van der Waals surface area contributed by atoms with Gasteiger partial charge in [0.2, 0.25) is 0 Å². The van der Waals surface area contributed by atoms with E-state index in [1.54, 1.807) is 0 Å². The molecule has 0 aromatic carbocycles. The number of hydrogen-bond donors (Lipinski definition) is 0. The second kappa shape index (κ2) is 8.15. The predicted octanol–water partition coefficient (Wildman–Crippen LogP) is 4.32. The van der Waals surface area contributed by atoms with Crippen LogP contribution in [-0.4, -0.2) is 24.0 Å². The average molecular weight is 213 g/mol. The molecule has 0 amide bonds. The Balaban J connectivity index is 0.000000921. The van der Waals surface area contributed by atoms with Gasteiger partial charge in [0.1, 0.15) is 0 Å². The Kier molecular flexibility index (Phi) is 8.13. The molecule has 0 aromatic heterocycles. The molecular formula is C14H31N. The molecule has 1 unspecified atom stereocenters. The highest BCUT2D eigenvalue weighted by atomic mass is 15.2. The molecule has 0 spiro atoms. The molecule has 0 heterocycles. The lowest BCUT2D eigenvalue weighted by molar-refractivity contribution is 0.192. The zero-order chi connectivity index (χ0) is 11.8. The van der Waals surface area contributed by atoms with Crippen molar-refractivity contribution in [2.75, 3.05) is 7.05 Å². The monoisotopic (exact) mass is 213 g/mol. The van der Waals surface area contributed by atoms with E-state index in [9.17, 15) is 0 Å². The zero-order valence-electron chi connectivity index (χ0n) is 11.7. The molecule has 0 aromatic rings. The van der Waals surface area contributed by atoms with Gasteiger partial charge in [0.05, 0.1) is 0 Å². The molecular weight excluding hydrogens is 182 g/mol. The molecule has 1 aliphatic carbocycles.